The van der Waals surface area contributed by atoms with E-state index in [-0.39, 0.29) is 17.4 Å². The molecule has 0 radical (unpaired) electrons. The highest BCUT2D eigenvalue weighted by molar-refractivity contribution is 5.92. The number of hydrogen-bond acceptors (Lipinski definition) is 6. The van der Waals surface area contributed by atoms with Gasteiger partial charge in [0.05, 0.1) is 24.5 Å². The van der Waals surface area contributed by atoms with Gasteiger partial charge in [-0.05, 0) is 55.5 Å². The predicted molar refractivity (Wildman–Crippen MR) is 123 cm³/mol. The second kappa shape index (κ2) is 10.6. The molecule has 1 fully saturated rings. The molecule has 0 amide bonds. The summed E-state index contributed by atoms with van der Waals surface area (Å²) in [4.78, 5) is 20.0. The van der Waals surface area contributed by atoms with E-state index in [9.17, 15) is 23.1 Å². The number of benzene rings is 2. The van der Waals surface area contributed by atoms with Crippen LogP contribution in [0.4, 0.5) is 19.0 Å². The van der Waals surface area contributed by atoms with Crippen molar-refractivity contribution in [3.05, 3.63) is 65.2 Å². The number of ether oxygens (including phenoxy) is 2. The number of carbonyl (C=O) groups is 1. The maximum absolute atomic E-state index is 14.0. The van der Waals surface area contributed by atoms with Crippen molar-refractivity contribution in [3.63, 3.8) is 0 Å². The van der Waals surface area contributed by atoms with Crippen LogP contribution in [0.3, 0.4) is 0 Å². The van der Waals surface area contributed by atoms with E-state index in [2.05, 4.69) is 15.3 Å². The Labute approximate surface area is 199 Å². The Balaban J connectivity index is 1.48. The van der Waals surface area contributed by atoms with Crippen molar-refractivity contribution >= 4 is 11.8 Å². The first kappa shape index (κ1) is 24.3. The number of carboxylic acid groups (broad SMARTS) is 1. The van der Waals surface area contributed by atoms with E-state index in [4.69, 9.17) is 9.47 Å². The number of halogens is 3. The minimum Gasteiger partial charge on any atom is -0.496 e. The Morgan fingerprint density at radius 1 is 1.17 bits per heavy atom. The molecule has 1 heterocycles. The van der Waals surface area contributed by atoms with Gasteiger partial charge in [0.15, 0.2) is 0 Å². The first-order valence-corrected chi connectivity index (χ1v) is 11.1. The first-order valence-electron chi connectivity index (χ1n) is 11.1. The average Bonchev–Trinajstić information content (AvgIpc) is 2.81. The largest absolute Gasteiger partial charge is 0.496 e. The molecule has 0 atom stereocenters. The molecule has 10 heteroatoms. The van der Waals surface area contributed by atoms with E-state index in [0.717, 1.165) is 31.4 Å². The van der Waals surface area contributed by atoms with Crippen molar-refractivity contribution in [1.82, 2.24) is 9.97 Å². The molecule has 2 N–H and O–H groups in total. The fourth-order valence-corrected chi connectivity index (χ4v) is 3.72. The monoisotopic (exact) mass is 487 g/mol. The van der Waals surface area contributed by atoms with E-state index in [1.54, 1.807) is 18.2 Å². The molecular weight excluding hydrogens is 463 g/mol. The highest BCUT2D eigenvalue weighted by Crippen LogP contribution is 2.32. The molecule has 1 saturated carbocycles. The van der Waals surface area contributed by atoms with Gasteiger partial charge in [-0.2, -0.15) is 0 Å². The second-order valence-corrected chi connectivity index (χ2v) is 8.14. The molecule has 1 aliphatic rings. The number of nitrogens with one attached hydrogen (secondary N) is 1. The van der Waals surface area contributed by atoms with Gasteiger partial charge >= 0.3 is 5.97 Å². The summed E-state index contributed by atoms with van der Waals surface area (Å²) in [5.74, 6) is -1.07. The third-order valence-electron chi connectivity index (χ3n) is 5.86. The van der Waals surface area contributed by atoms with Crippen molar-refractivity contribution in [3.8, 4) is 22.8 Å². The van der Waals surface area contributed by atoms with E-state index in [1.165, 1.54) is 19.5 Å². The number of aromatic nitrogens is 2. The van der Waals surface area contributed by atoms with Gasteiger partial charge in [0.2, 0.25) is 0 Å². The minimum atomic E-state index is -2.93. The molecule has 0 unspecified atom stereocenters. The van der Waals surface area contributed by atoms with Crippen LogP contribution < -0.4 is 14.8 Å². The smallest absolute Gasteiger partial charge is 0.339 e. The van der Waals surface area contributed by atoms with Gasteiger partial charge in [0, 0.05) is 18.2 Å². The number of methoxy groups -OCH3 is 1. The molecule has 0 spiro atoms. The lowest BCUT2D eigenvalue weighted by atomic mass is 9.96. The number of carboxylic acids is 1. The topological polar surface area (TPSA) is 93.6 Å². The van der Waals surface area contributed by atoms with Gasteiger partial charge < -0.3 is 19.9 Å². The molecule has 0 saturated heterocycles. The zero-order chi connectivity index (χ0) is 24.9. The molecule has 3 aromatic rings. The normalized spacial score (nSPS) is 13.4. The molecule has 0 bridgehead atoms. The van der Waals surface area contributed by atoms with Crippen LogP contribution in [-0.2, 0) is 6.42 Å². The fourth-order valence-electron chi connectivity index (χ4n) is 3.72. The highest BCUT2D eigenvalue weighted by atomic mass is 19.3. The Hall–Kier alpha value is -3.82. The maximum Gasteiger partial charge on any atom is 0.339 e. The van der Waals surface area contributed by atoms with Gasteiger partial charge in [-0.15, -0.1) is 0 Å². The summed E-state index contributed by atoms with van der Waals surface area (Å²) in [6.07, 6.45) is 1.60. The van der Waals surface area contributed by atoms with Crippen molar-refractivity contribution < 1.29 is 32.5 Å². The van der Waals surface area contributed by atoms with Gasteiger partial charge in [0.1, 0.15) is 35.0 Å². The SMILES string of the molecule is COc1cc(C(F)F)c(F)cc1CCNc1cc(-c2ccc(C(=O)O)c(OC3CCC3)c2)ncn1. The van der Waals surface area contributed by atoms with E-state index in [0.29, 0.717) is 41.4 Å². The molecule has 35 heavy (non-hydrogen) atoms. The van der Waals surface area contributed by atoms with Crippen LogP contribution in [0.2, 0.25) is 0 Å². The Morgan fingerprint density at radius 2 is 1.97 bits per heavy atom. The lowest BCUT2D eigenvalue weighted by Gasteiger charge is -2.27. The third-order valence-corrected chi connectivity index (χ3v) is 5.86. The quantitative estimate of drug-likeness (QED) is 0.389. The summed E-state index contributed by atoms with van der Waals surface area (Å²) in [6, 6.07) is 8.57. The lowest BCUT2D eigenvalue weighted by Crippen LogP contribution is -2.25. The van der Waals surface area contributed by atoms with Crippen molar-refractivity contribution in [1.29, 1.82) is 0 Å². The van der Waals surface area contributed by atoms with Crippen molar-refractivity contribution in [2.45, 2.75) is 38.2 Å². The van der Waals surface area contributed by atoms with Gasteiger partial charge in [0.25, 0.3) is 6.43 Å². The molecule has 184 valence electrons. The molecule has 7 nitrogen and oxygen atoms in total. The van der Waals surface area contributed by atoms with E-state index >= 15 is 0 Å². The zero-order valence-corrected chi connectivity index (χ0v) is 18.9. The summed E-state index contributed by atoms with van der Waals surface area (Å²) in [5.41, 5.74) is 1.06. The number of alkyl halides is 2. The van der Waals surface area contributed by atoms with Crippen LogP contribution in [0, 0.1) is 5.82 Å². The standard InChI is InChI=1S/C25H24F3N3O4/c1-34-21-11-18(24(27)28)19(26)9-15(21)7-8-29-23-12-20(30-13-31-23)14-5-6-17(25(32)33)22(10-14)35-16-3-2-4-16/h5-6,9-13,16,24H,2-4,7-8H2,1H3,(H,32,33)(H,29,30,31). The summed E-state index contributed by atoms with van der Waals surface area (Å²) < 4.78 is 50.9. The second-order valence-electron chi connectivity index (χ2n) is 8.14. The number of rotatable bonds is 10. The van der Waals surface area contributed by atoms with Crippen LogP contribution in [0.1, 0.15) is 47.2 Å². The Kier molecular flexibility index (Phi) is 7.38. The van der Waals surface area contributed by atoms with Crippen LogP contribution in [0.15, 0.2) is 42.7 Å². The highest BCUT2D eigenvalue weighted by Gasteiger charge is 2.23. The Bertz CT molecular complexity index is 1220. The number of hydrogen-bond donors (Lipinski definition) is 2. The molecule has 0 aliphatic heterocycles. The summed E-state index contributed by atoms with van der Waals surface area (Å²) in [5, 5.41) is 12.6. The molecule has 1 aromatic heterocycles. The van der Waals surface area contributed by atoms with E-state index in [1.807, 2.05) is 0 Å². The number of aromatic carboxylic acids is 1. The van der Waals surface area contributed by atoms with Gasteiger partial charge in [-0.1, -0.05) is 6.07 Å². The van der Waals surface area contributed by atoms with Crippen molar-refractivity contribution in [2.75, 3.05) is 19.0 Å². The number of nitrogens with zero attached hydrogens (tertiary/aromatic N) is 2. The molecule has 2 aromatic carbocycles. The summed E-state index contributed by atoms with van der Waals surface area (Å²) in [7, 11) is 1.34. The Morgan fingerprint density at radius 3 is 2.63 bits per heavy atom. The summed E-state index contributed by atoms with van der Waals surface area (Å²) in [6.45, 7) is 0.328. The van der Waals surface area contributed by atoms with Crippen LogP contribution in [-0.4, -0.2) is 40.8 Å². The first-order chi connectivity index (χ1) is 16.9. The van der Waals surface area contributed by atoms with Gasteiger partial charge in [-0.25, -0.2) is 27.9 Å². The molecule has 4 rings (SSSR count). The molecular formula is C25H24F3N3O4. The minimum absolute atomic E-state index is 0.0163. The van der Waals surface area contributed by atoms with Crippen LogP contribution in [0.25, 0.3) is 11.3 Å². The average molecular weight is 487 g/mol. The zero-order valence-electron chi connectivity index (χ0n) is 18.9. The van der Waals surface area contributed by atoms with E-state index < -0.39 is 23.8 Å². The van der Waals surface area contributed by atoms with Gasteiger partial charge in [-0.3, -0.25) is 0 Å². The fraction of sp³-hybridized carbons (Fsp3) is 0.320. The lowest BCUT2D eigenvalue weighted by molar-refractivity contribution is 0.0679. The summed E-state index contributed by atoms with van der Waals surface area (Å²) >= 11 is 0. The van der Waals surface area contributed by atoms with Crippen LogP contribution >= 0.6 is 0 Å². The third kappa shape index (κ3) is 5.64. The molecule has 1 aliphatic carbocycles. The predicted octanol–water partition coefficient (Wildman–Crippen LogP) is 5.51. The maximum atomic E-state index is 14.0. The van der Waals surface area contributed by atoms with Crippen LogP contribution in [0.5, 0.6) is 11.5 Å². The van der Waals surface area contributed by atoms with Crippen molar-refractivity contribution in [2.24, 2.45) is 0 Å². The number of anilines is 1.